The molecule has 9 heteroatoms. The maximum atomic E-state index is 11.1. The number of carbonyl (C=O) groups excluding carboxylic acids is 2. The first-order valence-electron chi connectivity index (χ1n) is 8.39. The van der Waals surface area contributed by atoms with Crippen molar-refractivity contribution in [3.05, 3.63) is 58.5 Å². The second kappa shape index (κ2) is 8.56. The topological polar surface area (TPSA) is 129 Å². The molecule has 1 aliphatic heterocycles. The Morgan fingerprint density at radius 3 is 2.81 bits per heavy atom. The smallest absolute Gasteiger partial charge is 0.318 e. The number of amides is 3. The van der Waals surface area contributed by atoms with Gasteiger partial charge in [-0.2, -0.15) is 5.10 Å². The quantitative estimate of drug-likeness (QED) is 0.627. The van der Waals surface area contributed by atoms with E-state index in [2.05, 4.69) is 28.3 Å². The fourth-order valence-electron chi connectivity index (χ4n) is 2.77. The van der Waals surface area contributed by atoms with E-state index in [1.54, 1.807) is 6.33 Å². The number of hydrogen-bond acceptors (Lipinski definition) is 6. The minimum atomic E-state index is -0.878. The molecule has 3 heterocycles. The van der Waals surface area contributed by atoms with Gasteiger partial charge in [0.2, 0.25) is 5.91 Å². The monoisotopic (exact) mass is 384 g/mol. The Hall–Kier alpha value is -3.04. The summed E-state index contributed by atoms with van der Waals surface area (Å²) in [6, 6.07) is 10.5. The molecule has 3 aromatic rings. The van der Waals surface area contributed by atoms with Gasteiger partial charge in [-0.1, -0.05) is 30.3 Å². The first-order valence-corrected chi connectivity index (χ1v) is 9.27. The molecule has 0 fully saturated rings. The molecular formula is C18H20N6O2S. The fraction of sp³-hybridized carbons (Fsp3) is 0.222. The van der Waals surface area contributed by atoms with Gasteiger partial charge in [0.05, 0.1) is 6.04 Å². The SMILES string of the molecule is NC(=O)NC(=O)[C@@H](N)Cc1cccs1.c1ccc2c(c1)CCn1ncnc1-2. The van der Waals surface area contributed by atoms with Crippen molar-refractivity contribution in [2.45, 2.75) is 25.4 Å². The van der Waals surface area contributed by atoms with Crippen LogP contribution in [0, 0.1) is 0 Å². The van der Waals surface area contributed by atoms with Gasteiger partial charge in [-0.25, -0.2) is 14.5 Å². The number of primary amides is 1. The maximum Gasteiger partial charge on any atom is 0.318 e. The number of carbonyl (C=O) groups is 2. The van der Waals surface area contributed by atoms with Crippen molar-refractivity contribution in [3.63, 3.8) is 0 Å². The summed E-state index contributed by atoms with van der Waals surface area (Å²) in [5.41, 5.74) is 12.9. The number of benzene rings is 1. The number of nitrogens with zero attached hydrogens (tertiary/aromatic N) is 3. The molecular weight excluding hydrogens is 364 g/mol. The molecule has 27 heavy (non-hydrogen) atoms. The molecule has 0 bridgehead atoms. The number of hydrogen-bond donors (Lipinski definition) is 3. The first kappa shape index (κ1) is 18.7. The van der Waals surface area contributed by atoms with Crippen LogP contribution in [-0.4, -0.2) is 32.7 Å². The molecule has 2 aromatic heterocycles. The predicted octanol–water partition coefficient (Wildman–Crippen LogP) is 1.31. The average molecular weight is 384 g/mol. The lowest BCUT2D eigenvalue weighted by molar-refractivity contribution is -0.121. The number of nitrogens with two attached hydrogens (primary N) is 2. The van der Waals surface area contributed by atoms with Crippen LogP contribution in [0.2, 0.25) is 0 Å². The number of thiophene rings is 1. The number of imide groups is 1. The van der Waals surface area contributed by atoms with Crippen LogP contribution in [-0.2, 0) is 24.2 Å². The Balaban J connectivity index is 0.000000156. The Bertz CT molecular complexity index is 922. The molecule has 8 nitrogen and oxygen atoms in total. The van der Waals surface area contributed by atoms with Crippen molar-refractivity contribution in [2.24, 2.45) is 11.5 Å². The first-order chi connectivity index (χ1) is 13.0. The zero-order chi connectivity index (χ0) is 19.2. The summed E-state index contributed by atoms with van der Waals surface area (Å²) in [7, 11) is 0. The van der Waals surface area contributed by atoms with Crippen molar-refractivity contribution < 1.29 is 9.59 Å². The average Bonchev–Trinajstić information content (AvgIpc) is 3.33. The van der Waals surface area contributed by atoms with E-state index in [-0.39, 0.29) is 0 Å². The van der Waals surface area contributed by atoms with Crippen molar-refractivity contribution in [3.8, 4) is 11.4 Å². The molecule has 0 spiro atoms. The van der Waals surface area contributed by atoms with Crippen LogP contribution in [0.3, 0.4) is 0 Å². The van der Waals surface area contributed by atoms with E-state index >= 15 is 0 Å². The second-order valence-electron chi connectivity index (χ2n) is 5.96. The summed E-state index contributed by atoms with van der Waals surface area (Å²) in [4.78, 5) is 26.7. The van der Waals surface area contributed by atoms with Crippen LogP contribution in [0.4, 0.5) is 4.79 Å². The molecule has 0 saturated heterocycles. The number of aromatic nitrogens is 3. The number of rotatable bonds is 3. The van der Waals surface area contributed by atoms with E-state index in [4.69, 9.17) is 11.5 Å². The third kappa shape index (κ3) is 4.78. The fourth-order valence-corrected chi connectivity index (χ4v) is 3.54. The molecule has 5 N–H and O–H groups in total. The van der Waals surface area contributed by atoms with Crippen molar-refractivity contribution in [1.29, 1.82) is 0 Å². The minimum absolute atomic E-state index is 0.413. The van der Waals surface area contributed by atoms with E-state index in [1.807, 2.05) is 33.6 Å². The summed E-state index contributed by atoms with van der Waals surface area (Å²) >= 11 is 1.51. The van der Waals surface area contributed by atoms with E-state index in [0.717, 1.165) is 23.7 Å². The largest absolute Gasteiger partial charge is 0.351 e. The molecule has 3 amide bonds. The van der Waals surface area contributed by atoms with E-state index in [1.165, 1.54) is 22.5 Å². The Labute approximate surface area is 160 Å². The molecule has 0 radical (unpaired) electrons. The molecule has 0 saturated carbocycles. The lowest BCUT2D eigenvalue weighted by Gasteiger charge is -2.15. The zero-order valence-electron chi connectivity index (χ0n) is 14.5. The molecule has 1 atom stereocenters. The van der Waals surface area contributed by atoms with Gasteiger partial charge in [-0.3, -0.25) is 10.1 Å². The van der Waals surface area contributed by atoms with Crippen LogP contribution in [0.5, 0.6) is 0 Å². The second-order valence-corrected chi connectivity index (χ2v) is 6.99. The standard InChI is InChI=1S/C10H9N3.C8H11N3O2S/c1-2-4-9-8(3-1)5-6-13-10(9)11-7-12-13;9-6(7(12)11-8(10)13)4-5-2-1-3-14-5/h1-4,7H,5-6H2;1-3,6H,4,9H2,(H3,10,11,12,13)/t;6-/m.0/s1. The minimum Gasteiger partial charge on any atom is -0.351 e. The van der Waals surface area contributed by atoms with Gasteiger partial charge in [0.25, 0.3) is 0 Å². The number of fused-ring (bicyclic) bond motifs is 3. The summed E-state index contributed by atoms with van der Waals surface area (Å²) in [6.45, 7) is 0.951. The molecule has 0 unspecified atom stereocenters. The summed E-state index contributed by atoms with van der Waals surface area (Å²) in [5, 5.41) is 7.99. The Kier molecular flexibility index (Phi) is 5.94. The number of nitrogens with one attached hydrogen (secondary N) is 1. The third-order valence-corrected chi connectivity index (χ3v) is 4.95. The molecule has 0 aliphatic carbocycles. The lowest BCUT2D eigenvalue weighted by atomic mass is 10.0. The van der Waals surface area contributed by atoms with Gasteiger partial charge < -0.3 is 11.5 Å². The van der Waals surface area contributed by atoms with Crippen LogP contribution < -0.4 is 16.8 Å². The van der Waals surface area contributed by atoms with Crippen LogP contribution >= 0.6 is 11.3 Å². The third-order valence-electron chi connectivity index (χ3n) is 4.05. The Morgan fingerprint density at radius 1 is 1.26 bits per heavy atom. The Morgan fingerprint density at radius 2 is 2.07 bits per heavy atom. The summed E-state index contributed by atoms with van der Waals surface area (Å²) < 4.78 is 1.96. The highest BCUT2D eigenvalue weighted by Gasteiger charge is 2.16. The highest BCUT2D eigenvalue weighted by atomic mass is 32.1. The van der Waals surface area contributed by atoms with Crippen molar-refractivity contribution >= 4 is 23.3 Å². The lowest BCUT2D eigenvalue weighted by Crippen LogP contribution is -2.46. The molecule has 140 valence electrons. The zero-order valence-corrected chi connectivity index (χ0v) is 15.4. The highest BCUT2D eigenvalue weighted by Crippen LogP contribution is 2.25. The summed E-state index contributed by atoms with van der Waals surface area (Å²) in [5.74, 6) is 0.452. The number of urea groups is 1. The van der Waals surface area contributed by atoms with Gasteiger partial charge in [-0.05, 0) is 23.4 Å². The van der Waals surface area contributed by atoms with Gasteiger partial charge in [0, 0.05) is 23.4 Å². The van der Waals surface area contributed by atoms with E-state index in [0.29, 0.717) is 6.42 Å². The van der Waals surface area contributed by atoms with Crippen LogP contribution in [0.25, 0.3) is 11.4 Å². The highest BCUT2D eigenvalue weighted by molar-refractivity contribution is 7.09. The maximum absolute atomic E-state index is 11.1. The molecule has 1 aliphatic rings. The van der Waals surface area contributed by atoms with Crippen LogP contribution in [0.1, 0.15) is 10.4 Å². The van der Waals surface area contributed by atoms with Crippen LogP contribution in [0.15, 0.2) is 48.1 Å². The van der Waals surface area contributed by atoms with Gasteiger partial charge >= 0.3 is 6.03 Å². The van der Waals surface area contributed by atoms with Gasteiger partial charge in [0.15, 0.2) is 5.82 Å². The normalized spacial score (nSPS) is 12.8. The van der Waals surface area contributed by atoms with E-state index in [9.17, 15) is 9.59 Å². The predicted molar refractivity (Wildman–Crippen MR) is 103 cm³/mol. The van der Waals surface area contributed by atoms with E-state index < -0.39 is 18.0 Å². The van der Waals surface area contributed by atoms with Crippen molar-refractivity contribution in [2.75, 3.05) is 0 Å². The van der Waals surface area contributed by atoms with Crippen molar-refractivity contribution in [1.82, 2.24) is 20.1 Å². The summed E-state index contributed by atoms with van der Waals surface area (Å²) in [6.07, 6.45) is 3.10. The number of aryl methyl sites for hydroxylation is 2. The van der Waals surface area contributed by atoms with Gasteiger partial charge in [-0.15, -0.1) is 11.3 Å². The molecule has 1 aromatic carbocycles. The molecule has 4 rings (SSSR count). The van der Waals surface area contributed by atoms with Gasteiger partial charge in [0.1, 0.15) is 6.33 Å².